The molecule has 4 aromatic rings. The van der Waals surface area contributed by atoms with E-state index >= 15 is 0 Å². The molecule has 2 aromatic heterocycles. The number of carbonyl (C=O) groups is 1. The summed E-state index contributed by atoms with van der Waals surface area (Å²) >= 11 is 0. The van der Waals surface area contributed by atoms with E-state index in [1.165, 1.54) is 12.3 Å². The summed E-state index contributed by atoms with van der Waals surface area (Å²) in [6.45, 7) is 5.08. The molecule has 0 fully saturated rings. The van der Waals surface area contributed by atoms with Crippen LogP contribution in [0.3, 0.4) is 0 Å². The van der Waals surface area contributed by atoms with Gasteiger partial charge in [-0.05, 0) is 38.4 Å². The highest BCUT2D eigenvalue weighted by molar-refractivity contribution is 7.91. The van der Waals surface area contributed by atoms with Gasteiger partial charge in [-0.2, -0.15) is 4.98 Å². The number of nitrogens with one attached hydrogen (secondary N) is 2. The topological polar surface area (TPSA) is 122 Å². The zero-order valence-corrected chi connectivity index (χ0v) is 24.0. The molecule has 0 spiro atoms. The fourth-order valence-electron chi connectivity index (χ4n) is 4.20. The molecule has 0 unspecified atom stereocenters. The average molecular weight is 564 g/mol. The van der Waals surface area contributed by atoms with Gasteiger partial charge in [-0.15, -0.1) is 0 Å². The summed E-state index contributed by atoms with van der Waals surface area (Å²) in [4.78, 5) is 25.6. The first-order valence-electron chi connectivity index (χ1n) is 12.4. The number of hydrogen-bond donors (Lipinski definition) is 2. The summed E-state index contributed by atoms with van der Waals surface area (Å²) in [6, 6.07) is 12.5. The molecule has 4 rings (SSSR count). The summed E-state index contributed by atoms with van der Waals surface area (Å²) in [5.41, 5.74) is 2.55. The van der Waals surface area contributed by atoms with Crippen LogP contribution in [0.4, 0.5) is 23.0 Å². The summed E-state index contributed by atoms with van der Waals surface area (Å²) in [5.74, 6) is 0.896. The summed E-state index contributed by atoms with van der Waals surface area (Å²) in [6.07, 6.45) is 5.53. The average Bonchev–Trinajstić information content (AvgIpc) is 3.32. The van der Waals surface area contributed by atoms with E-state index in [2.05, 4.69) is 32.1 Å². The number of sulfone groups is 1. The highest BCUT2D eigenvalue weighted by Crippen LogP contribution is 2.38. The van der Waals surface area contributed by atoms with Crippen LogP contribution in [0.5, 0.6) is 5.75 Å². The van der Waals surface area contributed by atoms with E-state index in [0.29, 0.717) is 40.4 Å². The van der Waals surface area contributed by atoms with E-state index in [1.54, 1.807) is 48.3 Å². The fraction of sp³-hybridized carbons (Fsp3) is 0.250. The van der Waals surface area contributed by atoms with Crippen LogP contribution in [0.15, 0.2) is 72.4 Å². The maximum Gasteiger partial charge on any atom is 0.247 e. The van der Waals surface area contributed by atoms with Gasteiger partial charge >= 0.3 is 0 Å². The molecule has 0 radical (unpaired) electrons. The zero-order valence-electron chi connectivity index (χ0n) is 23.2. The Hall–Kier alpha value is -4.42. The van der Waals surface area contributed by atoms with Crippen LogP contribution in [0.25, 0.3) is 16.7 Å². The number of carbonyl (C=O) groups excluding carboxylic acids is 1. The Balaban J connectivity index is 1.75. The van der Waals surface area contributed by atoms with Gasteiger partial charge in [0.25, 0.3) is 0 Å². The predicted octanol–water partition coefficient (Wildman–Crippen LogP) is 3.70. The second-order valence-electron chi connectivity index (χ2n) is 9.50. The minimum absolute atomic E-state index is 0.217. The third kappa shape index (κ3) is 6.24. The quantitative estimate of drug-likeness (QED) is 0.263. The number of anilines is 4. The molecule has 2 aromatic carbocycles. The number of nitrogens with zero attached hydrogens (tertiary/aromatic N) is 5. The number of likely N-dealkylation sites (N-methyl/N-ethyl adjacent to an activating group) is 2. The lowest BCUT2D eigenvalue weighted by Crippen LogP contribution is -2.29. The largest absolute Gasteiger partial charge is 0.494 e. The fourth-order valence-corrected chi connectivity index (χ4v) is 5.07. The molecule has 0 aliphatic carbocycles. The Morgan fingerprint density at radius 1 is 1.12 bits per heavy atom. The number of methoxy groups -OCH3 is 1. The monoisotopic (exact) mass is 563 g/mol. The first-order chi connectivity index (χ1) is 19.0. The molecular weight excluding hydrogens is 530 g/mol. The number of amides is 1. The highest BCUT2D eigenvalue weighted by Gasteiger charge is 2.19. The minimum atomic E-state index is -3.47. The van der Waals surface area contributed by atoms with E-state index in [-0.39, 0.29) is 16.8 Å². The van der Waals surface area contributed by atoms with E-state index in [0.717, 1.165) is 12.2 Å². The molecule has 2 N–H and O–H groups in total. The second kappa shape index (κ2) is 11.8. The van der Waals surface area contributed by atoms with Crippen molar-refractivity contribution >= 4 is 49.7 Å². The van der Waals surface area contributed by atoms with Crippen LogP contribution in [0.1, 0.15) is 0 Å². The molecule has 12 heteroatoms. The lowest BCUT2D eigenvalue weighted by Gasteiger charge is -2.26. The molecule has 0 saturated carbocycles. The number of para-hydroxylation sites is 1. The molecular formula is C28H33N7O4S. The molecule has 0 aliphatic rings. The van der Waals surface area contributed by atoms with Gasteiger partial charge in [-0.3, -0.25) is 9.36 Å². The summed E-state index contributed by atoms with van der Waals surface area (Å²) < 4.78 is 32.3. The smallest absolute Gasteiger partial charge is 0.247 e. The van der Waals surface area contributed by atoms with Crippen LogP contribution in [0.2, 0.25) is 0 Å². The first kappa shape index (κ1) is 28.6. The number of rotatable bonds is 11. The normalized spacial score (nSPS) is 11.4. The van der Waals surface area contributed by atoms with Crippen LogP contribution in [-0.2, 0) is 14.6 Å². The molecule has 0 bridgehead atoms. The highest BCUT2D eigenvalue weighted by atomic mass is 32.2. The van der Waals surface area contributed by atoms with Crippen LogP contribution < -0.4 is 20.3 Å². The molecule has 0 saturated heterocycles. The maximum absolute atomic E-state index is 12.4. The van der Waals surface area contributed by atoms with Gasteiger partial charge in [-0.25, -0.2) is 13.4 Å². The third-order valence-electron chi connectivity index (χ3n) is 6.26. The molecule has 0 atom stereocenters. The Labute approximate surface area is 234 Å². The number of hydrogen-bond acceptors (Lipinski definition) is 9. The first-order valence-corrected chi connectivity index (χ1v) is 14.3. The Bertz CT molecular complexity index is 1660. The maximum atomic E-state index is 12.4. The lowest BCUT2D eigenvalue weighted by molar-refractivity contribution is -0.111. The number of ether oxygens (including phenoxy) is 1. The Kier molecular flexibility index (Phi) is 8.40. The zero-order chi connectivity index (χ0) is 29.0. The van der Waals surface area contributed by atoms with Gasteiger partial charge in [0.2, 0.25) is 11.9 Å². The third-order valence-corrected chi connectivity index (χ3v) is 7.39. The van der Waals surface area contributed by atoms with Gasteiger partial charge < -0.3 is 25.2 Å². The van der Waals surface area contributed by atoms with Gasteiger partial charge in [-0.1, -0.05) is 24.8 Å². The van der Waals surface area contributed by atoms with Crippen molar-refractivity contribution in [3.8, 4) is 11.6 Å². The molecule has 1 amide bonds. The Morgan fingerprint density at radius 3 is 2.55 bits per heavy atom. The van der Waals surface area contributed by atoms with Gasteiger partial charge in [0, 0.05) is 50.2 Å². The van der Waals surface area contributed by atoms with Crippen molar-refractivity contribution in [1.82, 2.24) is 19.4 Å². The van der Waals surface area contributed by atoms with Crippen molar-refractivity contribution in [1.29, 1.82) is 0 Å². The molecule has 2 heterocycles. The molecule has 210 valence electrons. The Morgan fingerprint density at radius 2 is 1.88 bits per heavy atom. The van der Waals surface area contributed by atoms with Crippen molar-refractivity contribution in [2.24, 2.45) is 0 Å². The van der Waals surface area contributed by atoms with E-state index in [1.807, 2.05) is 44.2 Å². The van der Waals surface area contributed by atoms with E-state index in [4.69, 9.17) is 4.74 Å². The van der Waals surface area contributed by atoms with Crippen LogP contribution >= 0.6 is 0 Å². The SMILES string of the molecule is C=CC(=O)Nc1cc(Nc2nccc(-n3cc(S(C)(=O)=O)c4ccccc43)n2)c(OC)cc1N(C)CCN(C)C. The van der Waals surface area contributed by atoms with Crippen molar-refractivity contribution in [2.75, 3.05) is 63.1 Å². The number of fused-ring (bicyclic) bond motifs is 1. The van der Waals surface area contributed by atoms with Crippen molar-refractivity contribution in [2.45, 2.75) is 4.90 Å². The summed E-state index contributed by atoms with van der Waals surface area (Å²) in [5, 5.41) is 6.66. The standard InChI is InChI=1S/C28H33N7O4S/c1-7-27(36)30-20-16-21(24(39-5)17-23(20)34(4)15-14-33(2)3)31-28-29-13-12-26(32-28)35-18-25(40(6,37)38)19-10-8-9-11-22(19)35/h7-13,16-18H,1,14-15H2,2-6H3,(H,30,36)(H,29,31,32). The molecule has 11 nitrogen and oxygen atoms in total. The number of benzene rings is 2. The van der Waals surface area contributed by atoms with Gasteiger partial charge in [0.15, 0.2) is 9.84 Å². The van der Waals surface area contributed by atoms with Crippen molar-refractivity contribution in [3.63, 3.8) is 0 Å². The van der Waals surface area contributed by atoms with Crippen LogP contribution in [0, 0.1) is 0 Å². The van der Waals surface area contributed by atoms with Crippen molar-refractivity contribution < 1.29 is 17.9 Å². The summed E-state index contributed by atoms with van der Waals surface area (Å²) in [7, 11) is 4.02. The second-order valence-corrected chi connectivity index (χ2v) is 11.5. The lowest BCUT2D eigenvalue weighted by atomic mass is 10.2. The van der Waals surface area contributed by atoms with Gasteiger partial charge in [0.05, 0.1) is 34.6 Å². The minimum Gasteiger partial charge on any atom is -0.494 e. The molecule has 0 aliphatic heterocycles. The molecule has 40 heavy (non-hydrogen) atoms. The van der Waals surface area contributed by atoms with Crippen LogP contribution in [-0.4, -0.2) is 81.4 Å². The van der Waals surface area contributed by atoms with E-state index < -0.39 is 9.84 Å². The number of aromatic nitrogens is 3. The van der Waals surface area contributed by atoms with E-state index in [9.17, 15) is 13.2 Å². The van der Waals surface area contributed by atoms with Gasteiger partial charge in [0.1, 0.15) is 11.6 Å². The predicted molar refractivity (Wildman–Crippen MR) is 159 cm³/mol. The van der Waals surface area contributed by atoms with Crippen molar-refractivity contribution in [3.05, 3.63) is 67.5 Å².